The number of nitrogens with two attached hydrogens (primary N) is 1. The topological polar surface area (TPSA) is 55.9 Å². The minimum atomic E-state index is 0.00926. The zero-order valence-corrected chi connectivity index (χ0v) is 10.5. The number of rotatable bonds is 3. The van der Waals surface area contributed by atoms with Crippen LogP contribution in [0.3, 0.4) is 0 Å². The molecule has 0 fully saturated rings. The van der Waals surface area contributed by atoms with E-state index in [9.17, 15) is 0 Å². The lowest BCUT2D eigenvalue weighted by molar-refractivity contribution is 0.645. The number of thiophene rings is 1. The van der Waals surface area contributed by atoms with Gasteiger partial charge in [0.05, 0.1) is 12.2 Å². The predicted molar refractivity (Wildman–Crippen MR) is 64.4 cm³/mol. The molecular formula is C9H11BrN4S. The largest absolute Gasteiger partial charge is 0.275 e. The molecule has 1 atom stereocenters. The van der Waals surface area contributed by atoms with Crippen LogP contribution in [0.2, 0.25) is 0 Å². The molecule has 2 aromatic heterocycles. The second-order valence-electron chi connectivity index (χ2n) is 3.21. The van der Waals surface area contributed by atoms with E-state index in [0.717, 1.165) is 14.9 Å². The minimum Gasteiger partial charge on any atom is -0.275 e. The van der Waals surface area contributed by atoms with Gasteiger partial charge in [0.15, 0.2) is 0 Å². The summed E-state index contributed by atoms with van der Waals surface area (Å²) in [6, 6.07) is 2.07. The predicted octanol–water partition coefficient (Wildman–Crippen LogP) is 1.80. The Morgan fingerprint density at radius 1 is 1.67 bits per heavy atom. The number of halogens is 1. The van der Waals surface area contributed by atoms with Gasteiger partial charge in [-0.25, -0.2) is 5.43 Å². The van der Waals surface area contributed by atoms with Crippen molar-refractivity contribution in [1.82, 2.24) is 15.2 Å². The zero-order valence-electron chi connectivity index (χ0n) is 8.14. The van der Waals surface area contributed by atoms with E-state index in [0.29, 0.717) is 0 Å². The van der Waals surface area contributed by atoms with Crippen LogP contribution in [0, 0.1) is 0 Å². The highest BCUT2D eigenvalue weighted by molar-refractivity contribution is 9.10. The van der Waals surface area contributed by atoms with Crippen molar-refractivity contribution in [3.05, 3.63) is 38.8 Å². The van der Waals surface area contributed by atoms with Gasteiger partial charge in [0.2, 0.25) is 0 Å². The SMILES string of the molecule is Cn1cc(C(NN)c2cc(Br)cs2)cn1. The van der Waals surface area contributed by atoms with Crippen molar-refractivity contribution in [2.45, 2.75) is 6.04 Å². The van der Waals surface area contributed by atoms with E-state index >= 15 is 0 Å². The number of nitrogens with one attached hydrogen (secondary N) is 1. The molecule has 0 saturated heterocycles. The van der Waals surface area contributed by atoms with Crippen LogP contribution in [0.1, 0.15) is 16.5 Å². The van der Waals surface area contributed by atoms with Gasteiger partial charge in [-0.15, -0.1) is 11.3 Å². The summed E-state index contributed by atoms with van der Waals surface area (Å²) in [5.74, 6) is 5.56. The highest BCUT2D eigenvalue weighted by Gasteiger charge is 2.15. The summed E-state index contributed by atoms with van der Waals surface area (Å²) in [4.78, 5) is 1.16. The Labute approximate surface area is 100 Å². The number of aryl methyl sites for hydroxylation is 1. The van der Waals surface area contributed by atoms with Crippen LogP contribution in [0.25, 0.3) is 0 Å². The second kappa shape index (κ2) is 4.44. The molecule has 3 N–H and O–H groups in total. The standard InChI is InChI=1S/C9H11BrN4S/c1-14-4-6(3-12-14)9(13-11)8-2-7(10)5-15-8/h2-5,9,13H,11H2,1H3. The van der Waals surface area contributed by atoms with Crippen molar-refractivity contribution in [2.24, 2.45) is 12.9 Å². The van der Waals surface area contributed by atoms with E-state index in [1.54, 1.807) is 16.0 Å². The molecule has 0 aliphatic heterocycles. The molecule has 1 unspecified atom stereocenters. The fourth-order valence-electron chi connectivity index (χ4n) is 1.41. The first-order valence-electron chi connectivity index (χ1n) is 4.39. The average Bonchev–Trinajstić information content (AvgIpc) is 2.78. The molecular weight excluding hydrogens is 276 g/mol. The molecule has 0 aromatic carbocycles. The number of nitrogens with zero attached hydrogens (tertiary/aromatic N) is 2. The molecule has 0 aliphatic carbocycles. The van der Waals surface area contributed by atoms with Crippen molar-refractivity contribution in [1.29, 1.82) is 0 Å². The third kappa shape index (κ3) is 2.28. The summed E-state index contributed by atoms with van der Waals surface area (Å²) in [6.07, 6.45) is 3.77. The van der Waals surface area contributed by atoms with Gasteiger partial charge in [-0.3, -0.25) is 10.5 Å². The molecule has 2 aromatic rings. The molecule has 0 spiro atoms. The number of hydrazine groups is 1. The van der Waals surface area contributed by atoms with Gasteiger partial charge in [-0.1, -0.05) is 0 Å². The van der Waals surface area contributed by atoms with Crippen LogP contribution >= 0.6 is 27.3 Å². The first kappa shape index (κ1) is 10.8. The Morgan fingerprint density at radius 2 is 2.47 bits per heavy atom. The van der Waals surface area contributed by atoms with E-state index in [-0.39, 0.29) is 6.04 Å². The Balaban J connectivity index is 2.32. The summed E-state index contributed by atoms with van der Waals surface area (Å²) in [6.45, 7) is 0. The quantitative estimate of drug-likeness (QED) is 0.668. The Morgan fingerprint density at radius 3 is 2.93 bits per heavy atom. The molecule has 0 bridgehead atoms. The minimum absolute atomic E-state index is 0.00926. The molecule has 4 nitrogen and oxygen atoms in total. The van der Waals surface area contributed by atoms with Gasteiger partial charge >= 0.3 is 0 Å². The molecule has 15 heavy (non-hydrogen) atoms. The lowest BCUT2D eigenvalue weighted by Gasteiger charge is -2.11. The van der Waals surface area contributed by atoms with Crippen LogP contribution in [0.5, 0.6) is 0 Å². The zero-order chi connectivity index (χ0) is 10.8. The normalized spacial score (nSPS) is 13.0. The van der Waals surface area contributed by atoms with Gasteiger partial charge < -0.3 is 0 Å². The number of hydrogen-bond acceptors (Lipinski definition) is 4. The maximum absolute atomic E-state index is 5.56. The van der Waals surface area contributed by atoms with Crippen molar-refractivity contribution < 1.29 is 0 Å². The van der Waals surface area contributed by atoms with Crippen LogP contribution in [-0.2, 0) is 7.05 Å². The molecule has 0 radical (unpaired) electrons. The lowest BCUT2D eigenvalue weighted by Crippen LogP contribution is -2.27. The van der Waals surface area contributed by atoms with E-state index in [4.69, 9.17) is 5.84 Å². The van der Waals surface area contributed by atoms with Crippen LogP contribution < -0.4 is 11.3 Å². The van der Waals surface area contributed by atoms with Gasteiger partial charge in [-0.05, 0) is 22.0 Å². The van der Waals surface area contributed by atoms with Crippen molar-refractivity contribution in [3.8, 4) is 0 Å². The summed E-state index contributed by atoms with van der Waals surface area (Å²) in [7, 11) is 1.89. The Bertz CT molecular complexity index is 410. The monoisotopic (exact) mass is 286 g/mol. The first-order chi connectivity index (χ1) is 7.20. The van der Waals surface area contributed by atoms with Gasteiger partial charge in [0.1, 0.15) is 0 Å². The van der Waals surface area contributed by atoms with Gasteiger partial charge in [0.25, 0.3) is 0 Å². The molecule has 2 heterocycles. The fraction of sp³-hybridized carbons (Fsp3) is 0.222. The molecule has 2 rings (SSSR count). The molecule has 0 amide bonds. The van der Waals surface area contributed by atoms with E-state index < -0.39 is 0 Å². The van der Waals surface area contributed by atoms with E-state index in [1.165, 1.54) is 0 Å². The summed E-state index contributed by atoms with van der Waals surface area (Å²) in [5, 5.41) is 6.17. The average molecular weight is 287 g/mol. The van der Waals surface area contributed by atoms with E-state index in [1.807, 2.05) is 24.8 Å². The lowest BCUT2D eigenvalue weighted by atomic mass is 10.1. The van der Waals surface area contributed by atoms with E-state index in [2.05, 4.69) is 32.5 Å². The van der Waals surface area contributed by atoms with Crippen molar-refractivity contribution in [2.75, 3.05) is 0 Å². The summed E-state index contributed by atoms with van der Waals surface area (Å²) < 4.78 is 2.84. The third-order valence-electron chi connectivity index (χ3n) is 2.10. The van der Waals surface area contributed by atoms with Crippen LogP contribution in [0.15, 0.2) is 28.3 Å². The Hall–Kier alpha value is -0.690. The first-order valence-corrected chi connectivity index (χ1v) is 6.06. The molecule has 0 aliphatic rings. The smallest absolute Gasteiger partial charge is 0.0833 e. The summed E-state index contributed by atoms with van der Waals surface area (Å²) in [5.41, 5.74) is 3.86. The highest BCUT2D eigenvalue weighted by atomic mass is 79.9. The fourth-order valence-corrected chi connectivity index (χ4v) is 2.94. The van der Waals surface area contributed by atoms with Crippen LogP contribution in [-0.4, -0.2) is 9.78 Å². The number of aromatic nitrogens is 2. The van der Waals surface area contributed by atoms with Gasteiger partial charge in [-0.2, -0.15) is 5.10 Å². The van der Waals surface area contributed by atoms with Crippen molar-refractivity contribution in [3.63, 3.8) is 0 Å². The second-order valence-corrected chi connectivity index (χ2v) is 5.07. The third-order valence-corrected chi connectivity index (χ3v) is 3.86. The maximum Gasteiger partial charge on any atom is 0.0833 e. The number of hydrogen-bond donors (Lipinski definition) is 2. The Kier molecular flexibility index (Phi) is 3.20. The van der Waals surface area contributed by atoms with Crippen molar-refractivity contribution >= 4 is 27.3 Å². The molecule has 80 valence electrons. The molecule has 6 heteroatoms. The molecule has 0 saturated carbocycles. The summed E-state index contributed by atoms with van der Waals surface area (Å²) >= 11 is 5.09. The highest BCUT2D eigenvalue weighted by Crippen LogP contribution is 2.29. The maximum atomic E-state index is 5.56. The van der Waals surface area contributed by atoms with Gasteiger partial charge in [0, 0.05) is 33.5 Å². The van der Waals surface area contributed by atoms with Crippen LogP contribution in [0.4, 0.5) is 0 Å².